The molecule has 338 valence electrons. The summed E-state index contributed by atoms with van der Waals surface area (Å²) in [6.45, 7) is 0. The second kappa shape index (κ2) is 7.01. The largest absolute Gasteiger partial charge is 0.468 e. The highest BCUT2D eigenvalue weighted by molar-refractivity contribution is 6.82. The lowest BCUT2D eigenvalue weighted by molar-refractivity contribution is -0.179. The van der Waals surface area contributed by atoms with Gasteiger partial charge in [0.2, 0.25) is 0 Å². The third-order valence-electron chi connectivity index (χ3n) is 28.5. The van der Waals surface area contributed by atoms with E-state index in [0.29, 0.717) is 0 Å². The molecule has 0 heterocycles. The smallest absolute Gasteiger partial charge is 0.320 e. The molecule has 0 N–H and O–H groups in total. The zero-order valence-electron chi connectivity index (χ0n) is 40.7. The van der Waals surface area contributed by atoms with Gasteiger partial charge >= 0.3 is 11.9 Å². The first-order valence-corrected chi connectivity index (χ1v) is 29.2. The van der Waals surface area contributed by atoms with E-state index in [9.17, 15) is 0 Å². The van der Waals surface area contributed by atoms with Gasteiger partial charge in [0.1, 0.15) is 10.8 Å². The second-order valence-corrected chi connectivity index (χ2v) is 28.5. The van der Waals surface area contributed by atoms with Crippen LogP contribution in [0.5, 0.6) is 0 Å². The van der Waals surface area contributed by atoms with Gasteiger partial charge in [0.15, 0.2) is 0 Å². The highest BCUT2D eigenvalue weighted by atomic mass is 16.5. The number of benzene rings is 17. The van der Waals surface area contributed by atoms with Gasteiger partial charge in [-0.15, -0.1) is 0 Å². The fourth-order valence-corrected chi connectivity index (χ4v) is 28.5. The molecule has 35 rings (SSSR count). The van der Waals surface area contributed by atoms with Crippen LogP contribution >= 0.6 is 0 Å². The molecule has 78 heavy (non-hydrogen) atoms. The van der Waals surface area contributed by atoms with Crippen molar-refractivity contribution >= 4 is 309 Å². The predicted molar refractivity (Wildman–Crippen MR) is 317 cm³/mol. The zero-order chi connectivity index (χ0) is 47.5. The third-order valence-corrected chi connectivity index (χ3v) is 28.5. The van der Waals surface area contributed by atoms with Crippen molar-refractivity contribution in [2.75, 3.05) is 14.2 Å². The van der Waals surface area contributed by atoms with Crippen LogP contribution in [0.15, 0.2) is 4.99 Å². The molecule has 0 bridgehead atoms. The van der Waals surface area contributed by atoms with Gasteiger partial charge in [0.25, 0.3) is 0 Å². The van der Waals surface area contributed by atoms with Gasteiger partial charge in [0.05, 0.1) is 30.8 Å². The normalized spacial score (nSPS) is 27.4. The predicted octanol–water partition coefficient (Wildman–Crippen LogP) is 17.4. The SMILES string of the molecule is COC(=O)[C@@]12C(=NC3CCCCC3)[C@]1(C(=O)OC)C13c4c5c6c7c8c9c(c%10c%11c1c1c%12c4c4c%13c5c5c7c7c8c8c%14c9c%10c9c%10c%11c1c1c%11c%12c4c4c%12c%13c5c5c7c7c8c8c%14c9c9c%10c1c1c%11c4c4c%12c5c7c5c8c9c1c45)C632. The first-order chi connectivity index (χ1) is 38.7. The van der Waals surface area contributed by atoms with Gasteiger partial charge < -0.3 is 9.47 Å². The molecule has 0 amide bonds. The standard InChI is InChI=1S/C73H17NO4/c1-77-68(75)72-67(74-8-6-4-3-5-7-8)73(72,69(76)78-2)71-64-57-50-38-30-21-12-10-9-11-15(12)24-31-29-20(11)22-18-13(9)16-17-14(10)19-23(21)36(38)44-42-28(19)26(17)34-33-25(16)27(18)41-43-35(22)37(29)49-51-39(31)40(32(24)30)52(50)61(64)60(51)63-56(49)54(43)58-47(41)45(33)53-46(34)48(42)59(55(44)57)66(71)62(53)65(58)70(63,71)72/h8H,3-7H2,1-2H3/t70?,71?,72-,73+. The Morgan fingerprint density at radius 3 is 0.692 bits per heavy atom. The van der Waals surface area contributed by atoms with Crippen molar-refractivity contribution in [1.29, 1.82) is 0 Å². The van der Waals surface area contributed by atoms with E-state index >= 15 is 9.59 Å². The average Bonchev–Trinajstić information content (AvgIpc) is 1.38. The van der Waals surface area contributed by atoms with E-state index in [-0.39, 0.29) is 18.0 Å². The molecule has 0 saturated heterocycles. The highest BCUT2D eigenvalue weighted by Crippen LogP contribution is 3.02. The van der Waals surface area contributed by atoms with E-state index in [0.717, 1.165) is 31.4 Å². The first-order valence-electron chi connectivity index (χ1n) is 29.2. The Bertz CT molecular complexity index is 7450. The summed E-state index contributed by atoms with van der Waals surface area (Å²) in [5.41, 5.74) is 1.36. The topological polar surface area (TPSA) is 65.0 Å². The summed E-state index contributed by atoms with van der Waals surface area (Å²) in [6, 6.07) is 0.0259. The van der Waals surface area contributed by atoms with Crippen molar-refractivity contribution in [3.05, 3.63) is 22.3 Å². The van der Waals surface area contributed by atoms with Crippen LogP contribution in [-0.4, -0.2) is 37.9 Å². The summed E-state index contributed by atoms with van der Waals surface area (Å²) >= 11 is 0. The summed E-state index contributed by atoms with van der Waals surface area (Å²) in [5.74, 6) is -0.573. The molecule has 3 fully saturated rings. The number of hydrogen-bond donors (Lipinski definition) is 0. The van der Waals surface area contributed by atoms with Crippen LogP contribution in [0.4, 0.5) is 0 Å². The van der Waals surface area contributed by atoms with E-state index in [1.165, 1.54) is 223 Å². The Morgan fingerprint density at radius 1 is 0.282 bits per heavy atom. The Hall–Kier alpha value is -8.93. The van der Waals surface area contributed by atoms with E-state index in [2.05, 4.69) is 0 Å². The van der Waals surface area contributed by atoms with Crippen LogP contribution in [0.1, 0.15) is 54.4 Å². The lowest BCUT2D eigenvalue weighted by Gasteiger charge is -2.65. The summed E-state index contributed by atoms with van der Waals surface area (Å²) in [6.07, 6.45) is 5.35. The average molecular weight is 972 g/mol. The number of esters is 2. The molecule has 28 aromatic carbocycles. The first kappa shape index (κ1) is 30.7. The van der Waals surface area contributed by atoms with Gasteiger partial charge in [-0.2, -0.15) is 0 Å². The summed E-state index contributed by atoms with van der Waals surface area (Å²) < 4.78 is 13.1. The van der Waals surface area contributed by atoms with Crippen LogP contribution < -0.4 is 0 Å². The lowest BCUT2D eigenvalue weighted by Crippen LogP contribution is -2.75. The fraction of sp³-hybridized carbons (Fsp3) is 0.164. The number of hydrogen-bond acceptors (Lipinski definition) is 5. The van der Waals surface area contributed by atoms with E-state index in [1.54, 1.807) is 111 Å². The van der Waals surface area contributed by atoms with E-state index < -0.39 is 21.7 Å². The van der Waals surface area contributed by atoms with Crippen LogP contribution in [0.25, 0.3) is 291 Å². The Balaban J connectivity index is 1.09. The van der Waals surface area contributed by atoms with Crippen molar-refractivity contribution < 1.29 is 19.1 Å². The van der Waals surface area contributed by atoms with E-state index in [1.807, 2.05) is 0 Å². The summed E-state index contributed by atoms with van der Waals surface area (Å²) in [4.78, 5) is 39.8. The minimum absolute atomic E-state index is 0.0259. The minimum atomic E-state index is -1.41. The number of fused-ring (bicyclic) bond motifs is 1. The Kier molecular flexibility index (Phi) is 2.76. The number of ether oxygens (including phenoxy) is 2. The second-order valence-electron chi connectivity index (χ2n) is 28.5. The van der Waals surface area contributed by atoms with Crippen LogP contribution in [0, 0.1) is 10.8 Å². The maximum Gasteiger partial charge on any atom is 0.320 e. The summed E-state index contributed by atoms with van der Waals surface area (Å²) in [7, 11) is 3.23. The molecule has 0 aromatic heterocycles. The van der Waals surface area contributed by atoms with Gasteiger partial charge in [0, 0.05) is 6.04 Å². The maximum atomic E-state index is 16.9. The highest BCUT2D eigenvalue weighted by Gasteiger charge is 3.11. The molecule has 0 radical (unpaired) electrons. The minimum Gasteiger partial charge on any atom is -0.468 e. The quantitative estimate of drug-likeness (QED) is 0.131. The molecule has 5 nitrogen and oxygen atoms in total. The van der Waals surface area contributed by atoms with Crippen molar-refractivity contribution in [2.24, 2.45) is 15.8 Å². The Labute approximate surface area is 426 Å². The zero-order valence-corrected chi connectivity index (χ0v) is 40.7. The van der Waals surface area contributed by atoms with Gasteiger partial charge in [-0.1, -0.05) is 19.3 Å². The number of aliphatic imine (C=N–C) groups is 1. The van der Waals surface area contributed by atoms with Gasteiger partial charge in [-0.25, -0.2) is 0 Å². The van der Waals surface area contributed by atoms with Crippen LogP contribution in [0.2, 0.25) is 0 Å². The van der Waals surface area contributed by atoms with Gasteiger partial charge in [-0.3, -0.25) is 14.6 Å². The van der Waals surface area contributed by atoms with Crippen LogP contribution in [0.3, 0.4) is 0 Å². The molecule has 2 unspecified atom stereocenters. The maximum absolute atomic E-state index is 16.9. The molecule has 7 aliphatic carbocycles. The lowest BCUT2D eigenvalue weighted by atomic mass is 9.31. The molecule has 5 heteroatoms. The molecule has 0 aliphatic heterocycles. The van der Waals surface area contributed by atoms with Gasteiger partial charge in [-0.05, 0) is 326 Å². The molecule has 2 spiro atoms. The number of carbonyl (C=O) groups is 2. The number of carbonyl (C=O) groups excluding carboxylic acids is 2. The molecule has 3 saturated carbocycles. The molecule has 7 aliphatic rings. The number of nitrogens with zero attached hydrogens (tertiary/aromatic N) is 1. The molecule has 28 aromatic rings. The summed E-state index contributed by atoms with van der Waals surface area (Å²) in [5, 5.41) is 81.2. The molecular formula is C73H17NO4. The van der Waals surface area contributed by atoms with Crippen molar-refractivity contribution in [3.63, 3.8) is 0 Å². The number of methoxy groups -OCH3 is 2. The number of rotatable bonds is 3. The van der Waals surface area contributed by atoms with Crippen molar-refractivity contribution in [1.82, 2.24) is 0 Å². The van der Waals surface area contributed by atoms with Crippen molar-refractivity contribution in [3.8, 4) is 0 Å². The van der Waals surface area contributed by atoms with Crippen molar-refractivity contribution in [2.45, 2.75) is 49.0 Å². The van der Waals surface area contributed by atoms with E-state index in [4.69, 9.17) is 14.5 Å². The third kappa shape index (κ3) is 1.59. The molecule has 4 atom stereocenters. The monoisotopic (exact) mass is 971 g/mol. The fourth-order valence-electron chi connectivity index (χ4n) is 28.5. The Morgan fingerprint density at radius 2 is 0.462 bits per heavy atom. The molecular weight excluding hydrogens is 955 g/mol. The van der Waals surface area contributed by atoms with Crippen LogP contribution in [-0.2, 0) is 29.9 Å².